The Morgan fingerprint density at radius 2 is 1.97 bits per heavy atom. The molecule has 1 N–H and O–H groups in total. The fourth-order valence-corrected chi connectivity index (χ4v) is 4.05. The van der Waals surface area contributed by atoms with Gasteiger partial charge in [0, 0.05) is 33.2 Å². The third-order valence-electron chi connectivity index (χ3n) is 5.60. The summed E-state index contributed by atoms with van der Waals surface area (Å²) in [7, 11) is 1.82. The van der Waals surface area contributed by atoms with Crippen molar-refractivity contribution in [3.05, 3.63) is 59.7 Å². The van der Waals surface area contributed by atoms with Gasteiger partial charge >= 0.3 is 6.03 Å². The van der Waals surface area contributed by atoms with Crippen LogP contribution in [-0.2, 0) is 13.1 Å². The molecule has 6 nitrogen and oxygen atoms in total. The normalized spacial score (nSPS) is 18.4. The van der Waals surface area contributed by atoms with Gasteiger partial charge in [-0.15, -0.1) is 0 Å². The highest BCUT2D eigenvalue weighted by atomic mass is 16.7. The van der Waals surface area contributed by atoms with Gasteiger partial charge in [0.05, 0.1) is 0 Å². The summed E-state index contributed by atoms with van der Waals surface area (Å²) in [6.45, 7) is 4.65. The molecule has 6 heteroatoms. The summed E-state index contributed by atoms with van der Waals surface area (Å²) >= 11 is 0. The van der Waals surface area contributed by atoms with Crippen molar-refractivity contribution < 1.29 is 14.3 Å². The number of piperidine rings is 1. The van der Waals surface area contributed by atoms with Crippen LogP contribution in [0.3, 0.4) is 0 Å². The molecule has 1 unspecified atom stereocenters. The first-order valence-electron chi connectivity index (χ1n) is 10.3. The van der Waals surface area contributed by atoms with Crippen molar-refractivity contribution in [3.8, 4) is 11.5 Å². The van der Waals surface area contributed by atoms with E-state index in [4.69, 9.17) is 9.47 Å². The molecule has 0 aliphatic carbocycles. The van der Waals surface area contributed by atoms with Crippen molar-refractivity contribution in [2.45, 2.75) is 25.9 Å². The van der Waals surface area contributed by atoms with Crippen molar-refractivity contribution in [3.63, 3.8) is 0 Å². The Labute approximate surface area is 172 Å². The van der Waals surface area contributed by atoms with Gasteiger partial charge in [-0.2, -0.15) is 0 Å². The molecule has 2 heterocycles. The standard InChI is InChI=1S/C23H29N3O3/c1-25(14-19-9-10-21-22(12-19)29-17-28-21)23(27)24-13-20-8-5-11-26(16-20)15-18-6-3-2-4-7-18/h2-4,6-7,9-10,12,20H,5,8,11,13-17H2,1H3,(H,24,27). The van der Waals surface area contributed by atoms with Gasteiger partial charge in [-0.05, 0) is 48.6 Å². The van der Waals surface area contributed by atoms with Crippen LogP contribution in [0.2, 0.25) is 0 Å². The van der Waals surface area contributed by atoms with Crippen LogP contribution < -0.4 is 14.8 Å². The summed E-state index contributed by atoms with van der Waals surface area (Å²) in [5.74, 6) is 2.01. The van der Waals surface area contributed by atoms with Crippen molar-refractivity contribution in [1.29, 1.82) is 0 Å². The van der Waals surface area contributed by atoms with E-state index in [0.717, 1.165) is 49.7 Å². The summed E-state index contributed by atoms with van der Waals surface area (Å²) in [4.78, 5) is 16.7. The molecule has 4 rings (SSSR count). The lowest BCUT2D eigenvalue weighted by Crippen LogP contribution is -2.43. The fraction of sp³-hybridized carbons (Fsp3) is 0.435. The van der Waals surface area contributed by atoms with Crippen LogP contribution in [-0.4, -0.2) is 49.3 Å². The van der Waals surface area contributed by atoms with E-state index in [0.29, 0.717) is 12.5 Å². The number of amides is 2. The molecule has 1 saturated heterocycles. The number of rotatable bonds is 6. The van der Waals surface area contributed by atoms with Crippen LogP contribution in [0.25, 0.3) is 0 Å². The largest absolute Gasteiger partial charge is 0.454 e. The van der Waals surface area contributed by atoms with Crippen LogP contribution in [0.1, 0.15) is 24.0 Å². The second kappa shape index (κ2) is 9.18. The Balaban J connectivity index is 1.23. The van der Waals surface area contributed by atoms with E-state index < -0.39 is 0 Å². The molecular weight excluding hydrogens is 366 g/mol. The minimum Gasteiger partial charge on any atom is -0.454 e. The molecule has 0 spiro atoms. The van der Waals surface area contributed by atoms with E-state index in [1.54, 1.807) is 4.90 Å². The molecule has 0 saturated carbocycles. The SMILES string of the molecule is CN(Cc1ccc2c(c1)OCO2)C(=O)NCC1CCCN(Cc2ccccc2)C1. The molecule has 1 fully saturated rings. The number of carbonyl (C=O) groups is 1. The van der Waals surface area contributed by atoms with Crippen LogP contribution in [0, 0.1) is 5.92 Å². The van der Waals surface area contributed by atoms with Crippen molar-refractivity contribution in [2.75, 3.05) is 33.5 Å². The van der Waals surface area contributed by atoms with Gasteiger partial charge in [0.1, 0.15) is 0 Å². The number of benzene rings is 2. The number of hydrogen-bond acceptors (Lipinski definition) is 4. The molecule has 2 aliphatic heterocycles. The monoisotopic (exact) mass is 395 g/mol. The molecule has 2 aromatic carbocycles. The van der Waals surface area contributed by atoms with Gasteiger partial charge in [-0.3, -0.25) is 4.90 Å². The number of likely N-dealkylation sites (tertiary alicyclic amines) is 1. The number of ether oxygens (including phenoxy) is 2. The Hall–Kier alpha value is -2.73. The van der Waals surface area contributed by atoms with E-state index in [-0.39, 0.29) is 12.8 Å². The van der Waals surface area contributed by atoms with Gasteiger partial charge in [0.15, 0.2) is 11.5 Å². The number of nitrogens with zero attached hydrogens (tertiary/aromatic N) is 2. The average molecular weight is 396 g/mol. The minimum atomic E-state index is -0.0390. The van der Waals surface area contributed by atoms with Crippen LogP contribution in [0.4, 0.5) is 4.79 Å². The van der Waals surface area contributed by atoms with Crippen LogP contribution in [0.5, 0.6) is 11.5 Å². The summed E-state index contributed by atoms with van der Waals surface area (Å²) in [5.41, 5.74) is 2.37. The number of carbonyl (C=O) groups excluding carboxylic acids is 1. The zero-order chi connectivity index (χ0) is 20.1. The molecule has 0 bridgehead atoms. The molecular formula is C23H29N3O3. The first-order chi connectivity index (χ1) is 14.2. The Bertz CT molecular complexity index is 827. The highest BCUT2D eigenvalue weighted by Gasteiger charge is 2.21. The summed E-state index contributed by atoms with van der Waals surface area (Å²) < 4.78 is 10.8. The lowest BCUT2D eigenvalue weighted by molar-refractivity contribution is 0.161. The molecule has 0 radical (unpaired) electrons. The second-order valence-corrected chi connectivity index (χ2v) is 7.96. The smallest absolute Gasteiger partial charge is 0.317 e. The third-order valence-corrected chi connectivity index (χ3v) is 5.60. The summed E-state index contributed by atoms with van der Waals surface area (Å²) in [5, 5.41) is 3.11. The lowest BCUT2D eigenvalue weighted by Gasteiger charge is -2.33. The first-order valence-corrected chi connectivity index (χ1v) is 10.3. The predicted molar refractivity (Wildman–Crippen MR) is 112 cm³/mol. The molecule has 2 amide bonds. The Kier molecular flexibility index (Phi) is 6.20. The number of hydrogen-bond donors (Lipinski definition) is 1. The first kappa shape index (κ1) is 19.6. The molecule has 29 heavy (non-hydrogen) atoms. The highest BCUT2D eigenvalue weighted by molar-refractivity contribution is 5.73. The predicted octanol–water partition coefficient (Wildman–Crippen LogP) is 3.47. The van der Waals surface area contributed by atoms with E-state index in [2.05, 4.69) is 40.5 Å². The van der Waals surface area contributed by atoms with Crippen LogP contribution in [0.15, 0.2) is 48.5 Å². The maximum atomic E-state index is 12.5. The highest BCUT2D eigenvalue weighted by Crippen LogP contribution is 2.32. The molecule has 1 atom stereocenters. The topological polar surface area (TPSA) is 54.0 Å². The van der Waals surface area contributed by atoms with Gasteiger partial charge in [0.2, 0.25) is 6.79 Å². The van der Waals surface area contributed by atoms with E-state index >= 15 is 0 Å². The quantitative estimate of drug-likeness (QED) is 0.814. The number of nitrogens with one attached hydrogen (secondary N) is 1. The molecule has 0 aromatic heterocycles. The van der Waals surface area contributed by atoms with Crippen LogP contribution >= 0.6 is 0 Å². The lowest BCUT2D eigenvalue weighted by atomic mass is 9.97. The summed E-state index contributed by atoms with van der Waals surface area (Å²) in [6.07, 6.45) is 2.35. The fourth-order valence-electron chi connectivity index (χ4n) is 4.05. The number of fused-ring (bicyclic) bond motifs is 1. The third kappa shape index (κ3) is 5.21. The van der Waals surface area contributed by atoms with Gasteiger partial charge in [-0.1, -0.05) is 36.4 Å². The van der Waals surface area contributed by atoms with Gasteiger partial charge in [0.25, 0.3) is 0 Å². The average Bonchev–Trinajstić information content (AvgIpc) is 3.21. The molecule has 154 valence electrons. The van der Waals surface area contributed by atoms with E-state index in [1.807, 2.05) is 25.2 Å². The zero-order valence-corrected chi connectivity index (χ0v) is 17.0. The number of urea groups is 1. The maximum absolute atomic E-state index is 12.5. The minimum absolute atomic E-state index is 0.0390. The van der Waals surface area contributed by atoms with Crippen molar-refractivity contribution >= 4 is 6.03 Å². The Morgan fingerprint density at radius 3 is 2.83 bits per heavy atom. The Morgan fingerprint density at radius 1 is 1.14 bits per heavy atom. The van der Waals surface area contributed by atoms with Crippen molar-refractivity contribution in [1.82, 2.24) is 15.1 Å². The van der Waals surface area contributed by atoms with Gasteiger partial charge < -0.3 is 19.7 Å². The maximum Gasteiger partial charge on any atom is 0.317 e. The van der Waals surface area contributed by atoms with Gasteiger partial charge in [-0.25, -0.2) is 4.79 Å². The summed E-state index contributed by atoms with van der Waals surface area (Å²) in [6, 6.07) is 16.4. The van der Waals surface area contributed by atoms with Crippen molar-refractivity contribution in [2.24, 2.45) is 5.92 Å². The molecule has 2 aliphatic rings. The van der Waals surface area contributed by atoms with E-state index in [1.165, 1.54) is 12.0 Å². The van der Waals surface area contributed by atoms with E-state index in [9.17, 15) is 4.79 Å². The molecule has 2 aromatic rings. The zero-order valence-electron chi connectivity index (χ0n) is 17.0. The second-order valence-electron chi connectivity index (χ2n) is 7.96.